The van der Waals surface area contributed by atoms with Crippen molar-refractivity contribution in [1.29, 1.82) is 0 Å². The second-order valence-electron chi connectivity index (χ2n) is 7.55. The van der Waals surface area contributed by atoms with Crippen molar-refractivity contribution in [2.24, 2.45) is 5.92 Å². The van der Waals surface area contributed by atoms with Gasteiger partial charge in [-0.1, -0.05) is 60.7 Å². The van der Waals surface area contributed by atoms with E-state index < -0.39 is 0 Å². The van der Waals surface area contributed by atoms with E-state index in [2.05, 4.69) is 5.32 Å². The standard InChI is InChI=1S/C24H25N3O2/c28-23-14-21(18-27(23)17-20-10-5-2-6-11-20)15-25-24(29)22-12-7-13-26(22)16-19-8-3-1-4-9-19/h1-13,21H,14-18H2,(H,25,29). The summed E-state index contributed by atoms with van der Waals surface area (Å²) in [6, 6.07) is 23.8. The highest BCUT2D eigenvalue weighted by Crippen LogP contribution is 2.20. The van der Waals surface area contributed by atoms with E-state index in [1.165, 1.54) is 0 Å². The second-order valence-corrected chi connectivity index (χ2v) is 7.55. The van der Waals surface area contributed by atoms with Crippen molar-refractivity contribution in [1.82, 2.24) is 14.8 Å². The summed E-state index contributed by atoms with van der Waals surface area (Å²) in [4.78, 5) is 26.9. The fourth-order valence-corrected chi connectivity index (χ4v) is 3.81. The van der Waals surface area contributed by atoms with Crippen LogP contribution in [0.2, 0.25) is 0 Å². The van der Waals surface area contributed by atoms with Crippen LogP contribution < -0.4 is 5.32 Å². The van der Waals surface area contributed by atoms with Gasteiger partial charge in [-0.05, 0) is 23.3 Å². The van der Waals surface area contributed by atoms with Crippen LogP contribution in [0.4, 0.5) is 0 Å². The van der Waals surface area contributed by atoms with Gasteiger partial charge in [0, 0.05) is 44.7 Å². The summed E-state index contributed by atoms with van der Waals surface area (Å²) in [6.45, 7) is 2.47. The molecule has 0 saturated carbocycles. The molecule has 1 fully saturated rings. The molecular formula is C24H25N3O2. The molecule has 0 radical (unpaired) electrons. The minimum atomic E-state index is -0.0973. The minimum Gasteiger partial charge on any atom is -0.350 e. The van der Waals surface area contributed by atoms with E-state index in [1.807, 2.05) is 88.5 Å². The Morgan fingerprint density at radius 1 is 0.897 bits per heavy atom. The number of nitrogens with zero attached hydrogens (tertiary/aromatic N) is 2. The molecule has 2 amide bonds. The highest BCUT2D eigenvalue weighted by molar-refractivity contribution is 5.92. The molecule has 0 spiro atoms. The maximum atomic E-state index is 12.7. The Balaban J connectivity index is 1.31. The molecule has 5 heteroatoms. The van der Waals surface area contributed by atoms with Crippen LogP contribution in [0.3, 0.4) is 0 Å². The lowest BCUT2D eigenvalue weighted by Crippen LogP contribution is -2.32. The molecule has 0 bridgehead atoms. The Labute approximate surface area is 171 Å². The van der Waals surface area contributed by atoms with Crippen molar-refractivity contribution < 1.29 is 9.59 Å². The molecule has 1 aliphatic heterocycles. The van der Waals surface area contributed by atoms with E-state index in [-0.39, 0.29) is 17.7 Å². The number of amides is 2. The number of hydrogen-bond donors (Lipinski definition) is 1. The van der Waals surface area contributed by atoms with E-state index in [1.54, 1.807) is 0 Å². The summed E-state index contributed by atoms with van der Waals surface area (Å²) in [5.41, 5.74) is 2.92. The Morgan fingerprint density at radius 3 is 2.24 bits per heavy atom. The van der Waals surface area contributed by atoms with Crippen molar-refractivity contribution >= 4 is 11.8 Å². The average Bonchev–Trinajstić information content (AvgIpc) is 3.34. The highest BCUT2D eigenvalue weighted by atomic mass is 16.2. The van der Waals surface area contributed by atoms with Gasteiger partial charge in [0.15, 0.2) is 0 Å². The average molecular weight is 387 g/mol. The molecule has 1 N–H and O–H groups in total. The molecule has 2 heterocycles. The highest BCUT2D eigenvalue weighted by Gasteiger charge is 2.29. The molecule has 1 aliphatic rings. The summed E-state index contributed by atoms with van der Waals surface area (Å²) >= 11 is 0. The molecule has 1 saturated heterocycles. The van der Waals surface area contributed by atoms with Crippen LogP contribution in [0, 0.1) is 5.92 Å². The molecule has 2 aromatic carbocycles. The summed E-state index contributed by atoms with van der Waals surface area (Å²) in [5.74, 6) is 0.202. The van der Waals surface area contributed by atoms with E-state index in [9.17, 15) is 9.59 Å². The first-order chi connectivity index (χ1) is 14.2. The number of aromatic nitrogens is 1. The van der Waals surface area contributed by atoms with Crippen LogP contribution in [0.25, 0.3) is 0 Å². The number of nitrogens with one attached hydrogen (secondary N) is 1. The van der Waals surface area contributed by atoms with Crippen LogP contribution >= 0.6 is 0 Å². The van der Waals surface area contributed by atoms with Crippen molar-refractivity contribution in [2.75, 3.05) is 13.1 Å². The van der Waals surface area contributed by atoms with Gasteiger partial charge in [-0.3, -0.25) is 9.59 Å². The van der Waals surface area contributed by atoms with Crippen LogP contribution in [0.5, 0.6) is 0 Å². The maximum Gasteiger partial charge on any atom is 0.267 e. The predicted molar refractivity (Wildman–Crippen MR) is 112 cm³/mol. The first-order valence-corrected chi connectivity index (χ1v) is 9.98. The zero-order valence-electron chi connectivity index (χ0n) is 16.3. The van der Waals surface area contributed by atoms with Crippen molar-refractivity contribution in [2.45, 2.75) is 19.5 Å². The summed E-state index contributed by atoms with van der Waals surface area (Å²) < 4.78 is 1.95. The number of carbonyl (C=O) groups is 2. The lowest BCUT2D eigenvalue weighted by molar-refractivity contribution is -0.128. The predicted octanol–water partition coefficient (Wildman–Crippen LogP) is 3.31. The summed E-state index contributed by atoms with van der Waals surface area (Å²) in [6.07, 6.45) is 2.40. The van der Waals surface area contributed by atoms with E-state index >= 15 is 0 Å². The van der Waals surface area contributed by atoms with Gasteiger partial charge in [0.2, 0.25) is 5.91 Å². The zero-order chi connectivity index (χ0) is 20.1. The number of rotatable bonds is 7. The monoisotopic (exact) mass is 387 g/mol. The first-order valence-electron chi connectivity index (χ1n) is 9.98. The largest absolute Gasteiger partial charge is 0.350 e. The third-order valence-corrected chi connectivity index (χ3v) is 5.32. The molecule has 29 heavy (non-hydrogen) atoms. The fraction of sp³-hybridized carbons (Fsp3) is 0.250. The summed E-state index contributed by atoms with van der Waals surface area (Å²) in [7, 11) is 0. The number of likely N-dealkylation sites (tertiary alicyclic amines) is 1. The normalized spacial score (nSPS) is 16.2. The molecule has 5 nitrogen and oxygen atoms in total. The van der Waals surface area contributed by atoms with Gasteiger partial charge in [-0.25, -0.2) is 0 Å². The van der Waals surface area contributed by atoms with Gasteiger partial charge >= 0.3 is 0 Å². The molecule has 1 unspecified atom stereocenters. The van der Waals surface area contributed by atoms with Gasteiger partial charge in [0.05, 0.1) is 0 Å². The lowest BCUT2D eigenvalue weighted by atomic mass is 10.1. The maximum absolute atomic E-state index is 12.7. The molecular weight excluding hydrogens is 362 g/mol. The van der Waals surface area contributed by atoms with Gasteiger partial charge < -0.3 is 14.8 Å². The van der Waals surface area contributed by atoms with Gasteiger partial charge in [0.25, 0.3) is 5.91 Å². The lowest BCUT2D eigenvalue weighted by Gasteiger charge is -2.17. The topological polar surface area (TPSA) is 54.3 Å². The number of hydrogen-bond acceptors (Lipinski definition) is 2. The number of carbonyl (C=O) groups excluding carboxylic acids is 2. The minimum absolute atomic E-state index is 0.0973. The molecule has 4 rings (SSSR count). The Hall–Kier alpha value is -3.34. The van der Waals surface area contributed by atoms with Crippen LogP contribution in [0.15, 0.2) is 79.0 Å². The van der Waals surface area contributed by atoms with Crippen molar-refractivity contribution in [3.8, 4) is 0 Å². The third-order valence-electron chi connectivity index (χ3n) is 5.32. The van der Waals surface area contributed by atoms with Crippen molar-refractivity contribution in [3.63, 3.8) is 0 Å². The fourth-order valence-electron chi connectivity index (χ4n) is 3.81. The van der Waals surface area contributed by atoms with Crippen LogP contribution in [-0.2, 0) is 17.9 Å². The van der Waals surface area contributed by atoms with Gasteiger partial charge in [-0.15, -0.1) is 0 Å². The SMILES string of the molecule is O=C(NCC1CC(=O)N(Cc2ccccc2)C1)c1cccn1Cc1ccccc1. The Bertz CT molecular complexity index is 966. The quantitative estimate of drug-likeness (QED) is 0.676. The molecule has 3 aromatic rings. The third kappa shape index (κ3) is 4.74. The Kier molecular flexibility index (Phi) is 5.75. The van der Waals surface area contributed by atoms with Crippen molar-refractivity contribution in [3.05, 3.63) is 95.8 Å². The van der Waals surface area contributed by atoms with Gasteiger partial charge in [0.1, 0.15) is 5.69 Å². The molecule has 148 valence electrons. The van der Waals surface area contributed by atoms with E-state index in [0.29, 0.717) is 38.3 Å². The first kappa shape index (κ1) is 19.0. The Morgan fingerprint density at radius 2 is 1.55 bits per heavy atom. The number of benzene rings is 2. The van der Waals surface area contributed by atoms with Crippen LogP contribution in [-0.4, -0.2) is 34.4 Å². The van der Waals surface area contributed by atoms with E-state index in [0.717, 1.165) is 11.1 Å². The van der Waals surface area contributed by atoms with E-state index in [4.69, 9.17) is 0 Å². The van der Waals surface area contributed by atoms with Crippen LogP contribution in [0.1, 0.15) is 28.0 Å². The molecule has 1 atom stereocenters. The molecule has 0 aliphatic carbocycles. The second kappa shape index (κ2) is 8.78. The molecule has 1 aromatic heterocycles. The smallest absolute Gasteiger partial charge is 0.267 e. The zero-order valence-corrected chi connectivity index (χ0v) is 16.3. The summed E-state index contributed by atoms with van der Waals surface area (Å²) in [5, 5.41) is 3.02. The van der Waals surface area contributed by atoms with Gasteiger partial charge in [-0.2, -0.15) is 0 Å².